The topological polar surface area (TPSA) is 57.4 Å². The number of likely N-dealkylation sites (tertiary alicyclic amines) is 1. The van der Waals surface area contributed by atoms with Crippen molar-refractivity contribution in [2.45, 2.75) is 19.3 Å². The van der Waals surface area contributed by atoms with Crippen LogP contribution in [0.15, 0.2) is 42.5 Å². The standard InChI is InChI=1S/C23H25N3O2/c27-23-19-4-3-5-20-21(19)18(10-11-24-23)22(25-20)16-6-8-17(9-7-16)28-15-14-26-12-1-2-13-26/h3-9,25H,1-2,10-15H2,(H,24,27). The predicted molar refractivity (Wildman–Crippen MR) is 111 cm³/mol. The molecule has 2 aliphatic rings. The Morgan fingerprint density at radius 1 is 1.04 bits per heavy atom. The number of rotatable bonds is 5. The highest BCUT2D eigenvalue weighted by molar-refractivity contribution is 6.10. The zero-order valence-corrected chi connectivity index (χ0v) is 16.0. The maximum absolute atomic E-state index is 12.3. The highest BCUT2D eigenvalue weighted by Crippen LogP contribution is 2.34. The lowest BCUT2D eigenvalue weighted by Crippen LogP contribution is -2.25. The summed E-state index contributed by atoms with van der Waals surface area (Å²) in [6.07, 6.45) is 3.45. The summed E-state index contributed by atoms with van der Waals surface area (Å²) in [6, 6.07) is 14.2. The first-order chi connectivity index (χ1) is 13.8. The highest BCUT2D eigenvalue weighted by Gasteiger charge is 2.22. The van der Waals surface area contributed by atoms with Crippen molar-refractivity contribution in [2.24, 2.45) is 0 Å². The van der Waals surface area contributed by atoms with E-state index in [9.17, 15) is 4.79 Å². The zero-order chi connectivity index (χ0) is 18.9. The number of aromatic amines is 1. The first-order valence-electron chi connectivity index (χ1n) is 10.2. The molecule has 2 aliphatic heterocycles. The summed E-state index contributed by atoms with van der Waals surface area (Å²) in [7, 11) is 0. The van der Waals surface area contributed by atoms with Crippen molar-refractivity contribution in [3.8, 4) is 17.0 Å². The number of aromatic nitrogens is 1. The molecular weight excluding hydrogens is 350 g/mol. The van der Waals surface area contributed by atoms with Crippen molar-refractivity contribution in [1.29, 1.82) is 0 Å². The predicted octanol–water partition coefficient (Wildman–Crippen LogP) is 3.60. The van der Waals surface area contributed by atoms with Crippen LogP contribution in [0, 0.1) is 0 Å². The number of amides is 1. The van der Waals surface area contributed by atoms with Gasteiger partial charge < -0.3 is 15.0 Å². The first kappa shape index (κ1) is 17.3. The molecule has 1 aromatic heterocycles. The number of H-pyrrole nitrogens is 1. The van der Waals surface area contributed by atoms with Gasteiger partial charge in [-0.1, -0.05) is 6.07 Å². The molecule has 28 heavy (non-hydrogen) atoms. The zero-order valence-electron chi connectivity index (χ0n) is 16.0. The Morgan fingerprint density at radius 2 is 1.86 bits per heavy atom. The lowest BCUT2D eigenvalue weighted by molar-refractivity contribution is 0.0957. The van der Waals surface area contributed by atoms with Gasteiger partial charge in [-0.05, 0) is 79.9 Å². The summed E-state index contributed by atoms with van der Waals surface area (Å²) in [5, 5.41) is 4.05. The minimum Gasteiger partial charge on any atom is -0.492 e. The van der Waals surface area contributed by atoms with Gasteiger partial charge in [0.25, 0.3) is 5.91 Å². The molecule has 0 radical (unpaired) electrons. The Bertz CT molecular complexity index is 1000. The van der Waals surface area contributed by atoms with E-state index in [1.807, 2.05) is 30.3 Å². The van der Waals surface area contributed by atoms with Gasteiger partial charge in [-0.25, -0.2) is 0 Å². The minimum absolute atomic E-state index is 0.0108. The summed E-state index contributed by atoms with van der Waals surface area (Å²) in [5.41, 5.74) is 5.22. The van der Waals surface area contributed by atoms with Crippen LogP contribution >= 0.6 is 0 Å². The van der Waals surface area contributed by atoms with E-state index in [0.717, 1.165) is 53.0 Å². The SMILES string of the molecule is O=C1NCCc2c(-c3ccc(OCCN4CCCC4)cc3)[nH]c3cccc1c23. The van der Waals surface area contributed by atoms with Crippen LogP contribution in [0.5, 0.6) is 5.75 Å². The van der Waals surface area contributed by atoms with Gasteiger partial charge in [-0.2, -0.15) is 0 Å². The van der Waals surface area contributed by atoms with Gasteiger partial charge >= 0.3 is 0 Å². The molecule has 144 valence electrons. The van der Waals surface area contributed by atoms with Crippen LogP contribution in [-0.2, 0) is 6.42 Å². The smallest absolute Gasteiger partial charge is 0.251 e. The summed E-state index contributed by atoms with van der Waals surface area (Å²) < 4.78 is 5.93. The normalized spacial score (nSPS) is 16.9. The van der Waals surface area contributed by atoms with E-state index in [2.05, 4.69) is 27.3 Å². The molecule has 0 bridgehead atoms. The summed E-state index contributed by atoms with van der Waals surface area (Å²) in [4.78, 5) is 18.3. The number of benzene rings is 2. The molecule has 0 atom stereocenters. The number of ether oxygens (including phenoxy) is 1. The molecular formula is C23H25N3O2. The van der Waals surface area contributed by atoms with E-state index >= 15 is 0 Å². The van der Waals surface area contributed by atoms with Gasteiger partial charge in [-0.3, -0.25) is 9.69 Å². The van der Waals surface area contributed by atoms with Crippen molar-refractivity contribution in [1.82, 2.24) is 15.2 Å². The maximum Gasteiger partial charge on any atom is 0.251 e. The van der Waals surface area contributed by atoms with Crippen LogP contribution in [0.4, 0.5) is 0 Å². The summed E-state index contributed by atoms with van der Waals surface area (Å²) >= 11 is 0. The van der Waals surface area contributed by atoms with Crippen molar-refractivity contribution in [3.63, 3.8) is 0 Å². The molecule has 5 nitrogen and oxygen atoms in total. The van der Waals surface area contributed by atoms with Crippen LogP contribution in [0.2, 0.25) is 0 Å². The van der Waals surface area contributed by atoms with Gasteiger partial charge in [0.1, 0.15) is 12.4 Å². The second-order valence-electron chi connectivity index (χ2n) is 7.63. The monoisotopic (exact) mass is 375 g/mol. The lowest BCUT2D eigenvalue weighted by Gasteiger charge is -2.15. The summed E-state index contributed by atoms with van der Waals surface area (Å²) in [6.45, 7) is 4.78. The Morgan fingerprint density at radius 3 is 2.68 bits per heavy atom. The third-order valence-electron chi connectivity index (χ3n) is 5.85. The third-order valence-corrected chi connectivity index (χ3v) is 5.85. The molecule has 5 heteroatoms. The maximum atomic E-state index is 12.3. The van der Waals surface area contributed by atoms with Crippen LogP contribution < -0.4 is 10.1 Å². The van der Waals surface area contributed by atoms with Crippen molar-refractivity contribution in [3.05, 3.63) is 53.6 Å². The molecule has 1 fully saturated rings. The molecule has 5 rings (SSSR count). The van der Waals surface area contributed by atoms with Gasteiger partial charge in [0, 0.05) is 35.2 Å². The Kier molecular flexibility index (Phi) is 4.53. The van der Waals surface area contributed by atoms with Crippen molar-refractivity contribution in [2.75, 3.05) is 32.8 Å². The fourth-order valence-corrected chi connectivity index (χ4v) is 4.42. The number of carbonyl (C=O) groups excluding carboxylic acids is 1. The molecule has 0 unspecified atom stereocenters. The number of hydrogen-bond acceptors (Lipinski definition) is 3. The molecule has 3 aromatic rings. The minimum atomic E-state index is 0.0108. The Labute approximate surface area is 164 Å². The Balaban J connectivity index is 1.38. The third kappa shape index (κ3) is 3.16. The first-order valence-corrected chi connectivity index (χ1v) is 10.2. The molecule has 0 saturated carbocycles. The molecule has 0 spiro atoms. The fraction of sp³-hybridized carbons (Fsp3) is 0.348. The van der Waals surface area contributed by atoms with Gasteiger partial charge in [0.15, 0.2) is 0 Å². The molecule has 0 aliphatic carbocycles. The number of hydrogen-bond donors (Lipinski definition) is 2. The average molecular weight is 375 g/mol. The number of carbonyl (C=O) groups is 1. The molecule has 1 saturated heterocycles. The Hall–Kier alpha value is -2.79. The van der Waals surface area contributed by atoms with E-state index in [1.54, 1.807) is 0 Å². The van der Waals surface area contributed by atoms with Crippen LogP contribution in [0.1, 0.15) is 28.8 Å². The molecule has 1 amide bonds. The quantitative estimate of drug-likeness (QED) is 0.716. The van der Waals surface area contributed by atoms with Crippen LogP contribution in [0.25, 0.3) is 22.2 Å². The second kappa shape index (κ2) is 7.32. The largest absolute Gasteiger partial charge is 0.492 e. The van der Waals surface area contributed by atoms with E-state index in [4.69, 9.17) is 4.74 Å². The van der Waals surface area contributed by atoms with E-state index in [1.165, 1.54) is 31.5 Å². The van der Waals surface area contributed by atoms with Crippen LogP contribution in [-0.4, -0.2) is 48.6 Å². The second-order valence-corrected chi connectivity index (χ2v) is 7.63. The summed E-state index contributed by atoms with van der Waals surface area (Å²) in [5.74, 6) is 0.916. The van der Waals surface area contributed by atoms with Gasteiger partial charge in [-0.15, -0.1) is 0 Å². The van der Waals surface area contributed by atoms with Gasteiger partial charge in [0.2, 0.25) is 0 Å². The molecule has 2 aromatic carbocycles. The van der Waals surface area contributed by atoms with E-state index < -0.39 is 0 Å². The van der Waals surface area contributed by atoms with E-state index in [-0.39, 0.29) is 5.91 Å². The molecule has 2 N–H and O–H groups in total. The number of nitrogens with one attached hydrogen (secondary N) is 2. The number of nitrogens with zero attached hydrogens (tertiary/aromatic N) is 1. The lowest BCUT2D eigenvalue weighted by atomic mass is 10.0. The van der Waals surface area contributed by atoms with Crippen LogP contribution in [0.3, 0.4) is 0 Å². The fourth-order valence-electron chi connectivity index (χ4n) is 4.42. The average Bonchev–Trinajstić information content (AvgIpc) is 3.32. The highest BCUT2D eigenvalue weighted by atomic mass is 16.5. The van der Waals surface area contributed by atoms with Gasteiger partial charge in [0.05, 0.1) is 0 Å². The van der Waals surface area contributed by atoms with Crippen molar-refractivity contribution >= 4 is 16.8 Å². The van der Waals surface area contributed by atoms with E-state index in [0.29, 0.717) is 6.54 Å². The van der Waals surface area contributed by atoms with Crippen molar-refractivity contribution < 1.29 is 9.53 Å². The molecule has 3 heterocycles.